The monoisotopic (exact) mass is 322 g/mol. The van der Waals surface area contributed by atoms with Crippen molar-refractivity contribution in [2.75, 3.05) is 0 Å². The third-order valence-corrected chi connectivity index (χ3v) is 5.16. The van der Waals surface area contributed by atoms with E-state index in [2.05, 4.69) is 26.5 Å². The summed E-state index contributed by atoms with van der Waals surface area (Å²) in [6.07, 6.45) is 27.9. The molecular weight excluding hydrogens is 276 g/mol. The fourth-order valence-electron chi connectivity index (χ4n) is 3.65. The van der Waals surface area contributed by atoms with E-state index in [1.165, 1.54) is 116 Å². The van der Waals surface area contributed by atoms with Crippen molar-refractivity contribution >= 4 is 0 Å². The molecule has 0 bridgehead atoms. The van der Waals surface area contributed by atoms with Crippen LogP contribution in [0, 0.1) is 5.92 Å². The summed E-state index contributed by atoms with van der Waals surface area (Å²) in [5.41, 5.74) is 0. The lowest BCUT2D eigenvalue weighted by Crippen LogP contribution is -1.98. The molecule has 0 radical (unpaired) electrons. The molecule has 0 fully saturated rings. The van der Waals surface area contributed by atoms with E-state index in [0.717, 1.165) is 5.92 Å². The number of hydrogen-bond acceptors (Lipinski definition) is 0. The topological polar surface area (TPSA) is 0 Å². The first-order valence-electron chi connectivity index (χ1n) is 11.0. The second-order valence-corrected chi connectivity index (χ2v) is 7.56. The van der Waals surface area contributed by atoms with Crippen LogP contribution in [0.5, 0.6) is 0 Å². The Bertz CT molecular complexity index is 218. The van der Waals surface area contributed by atoms with Crippen molar-refractivity contribution in [3.8, 4) is 0 Å². The minimum atomic E-state index is 0.912. The molecule has 0 saturated heterocycles. The summed E-state index contributed by atoms with van der Waals surface area (Å²) < 4.78 is 0. The molecule has 0 aromatic carbocycles. The SMILES string of the molecule is C=CCC(CCC)CCCCCCCCCCCCCCCC. The molecular formula is C23H46. The van der Waals surface area contributed by atoms with Crippen molar-refractivity contribution in [2.45, 2.75) is 129 Å². The van der Waals surface area contributed by atoms with Crippen molar-refractivity contribution in [3.05, 3.63) is 12.7 Å². The van der Waals surface area contributed by atoms with Gasteiger partial charge in [-0.3, -0.25) is 0 Å². The Morgan fingerprint density at radius 3 is 1.39 bits per heavy atom. The second-order valence-electron chi connectivity index (χ2n) is 7.56. The Labute approximate surface area is 148 Å². The third-order valence-electron chi connectivity index (χ3n) is 5.16. The summed E-state index contributed by atoms with van der Waals surface area (Å²) >= 11 is 0. The Morgan fingerprint density at radius 2 is 1.00 bits per heavy atom. The smallest absolute Gasteiger partial charge is 0.0325 e. The van der Waals surface area contributed by atoms with E-state index in [0.29, 0.717) is 0 Å². The number of allylic oxidation sites excluding steroid dienone is 1. The predicted octanol–water partition coefficient (Wildman–Crippen LogP) is 8.85. The van der Waals surface area contributed by atoms with Crippen LogP contribution in [0.1, 0.15) is 129 Å². The van der Waals surface area contributed by atoms with Gasteiger partial charge >= 0.3 is 0 Å². The van der Waals surface area contributed by atoms with E-state index in [1.54, 1.807) is 0 Å². The molecule has 0 aliphatic heterocycles. The van der Waals surface area contributed by atoms with Gasteiger partial charge in [0.25, 0.3) is 0 Å². The van der Waals surface area contributed by atoms with Gasteiger partial charge in [0.1, 0.15) is 0 Å². The van der Waals surface area contributed by atoms with Crippen LogP contribution in [0.3, 0.4) is 0 Å². The Balaban J connectivity index is 3.16. The lowest BCUT2D eigenvalue weighted by atomic mass is 9.93. The van der Waals surface area contributed by atoms with Crippen LogP contribution in [0.4, 0.5) is 0 Å². The summed E-state index contributed by atoms with van der Waals surface area (Å²) in [5, 5.41) is 0. The van der Waals surface area contributed by atoms with Gasteiger partial charge in [0.05, 0.1) is 0 Å². The molecule has 0 saturated carbocycles. The zero-order valence-electron chi connectivity index (χ0n) is 16.6. The van der Waals surface area contributed by atoms with Crippen LogP contribution in [0.2, 0.25) is 0 Å². The molecule has 0 aliphatic carbocycles. The highest BCUT2D eigenvalue weighted by molar-refractivity contribution is 4.73. The van der Waals surface area contributed by atoms with Gasteiger partial charge in [-0.05, 0) is 12.3 Å². The quantitative estimate of drug-likeness (QED) is 0.164. The third kappa shape index (κ3) is 17.9. The van der Waals surface area contributed by atoms with Crippen molar-refractivity contribution in [3.63, 3.8) is 0 Å². The zero-order valence-corrected chi connectivity index (χ0v) is 16.6. The predicted molar refractivity (Wildman–Crippen MR) is 108 cm³/mol. The fourth-order valence-corrected chi connectivity index (χ4v) is 3.65. The van der Waals surface area contributed by atoms with E-state index < -0.39 is 0 Å². The van der Waals surface area contributed by atoms with Crippen LogP contribution in [0.15, 0.2) is 12.7 Å². The molecule has 0 aromatic rings. The van der Waals surface area contributed by atoms with Crippen LogP contribution in [-0.4, -0.2) is 0 Å². The maximum Gasteiger partial charge on any atom is -0.0325 e. The standard InChI is InChI=1S/C23H46/c1-4-7-8-9-10-11-12-13-14-15-16-17-18-19-22-23(20-5-2)21-6-3/h5,23H,2,4,6-22H2,1,3H3. The van der Waals surface area contributed by atoms with Crippen molar-refractivity contribution in [1.82, 2.24) is 0 Å². The Hall–Kier alpha value is -0.260. The number of hydrogen-bond donors (Lipinski definition) is 0. The molecule has 0 aliphatic rings. The highest BCUT2D eigenvalue weighted by atomic mass is 14.1. The minimum Gasteiger partial charge on any atom is -0.103 e. The molecule has 1 unspecified atom stereocenters. The summed E-state index contributed by atoms with van der Waals surface area (Å²) in [5.74, 6) is 0.912. The molecule has 0 aromatic heterocycles. The van der Waals surface area contributed by atoms with E-state index in [4.69, 9.17) is 0 Å². The maximum absolute atomic E-state index is 3.90. The molecule has 0 N–H and O–H groups in total. The van der Waals surface area contributed by atoms with Gasteiger partial charge in [-0.2, -0.15) is 0 Å². The van der Waals surface area contributed by atoms with Crippen molar-refractivity contribution in [1.29, 1.82) is 0 Å². The minimum absolute atomic E-state index is 0.912. The van der Waals surface area contributed by atoms with Crippen LogP contribution in [0.25, 0.3) is 0 Å². The molecule has 0 amide bonds. The Kier molecular flexibility index (Phi) is 19.6. The number of rotatable bonds is 19. The largest absolute Gasteiger partial charge is 0.103 e. The molecule has 0 heterocycles. The molecule has 0 nitrogen and oxygen atoms in total. The van der Waals surface area contributed by atoms with E-state index in [9.17, 15) is 0 Å². The van der Waals surface area contributed by atoms with E-state index in [-0.39, 0.29) is 0 Å². The second kappa shape index (κ2) is 19.8. The van der Waals surface area contributed by atoms with Crippen LogP contribution in [-0.2, 0) is 0 Å². The highest BCUT2D eigenvalue weighted by Gasteiger charge is 2.05. The van der Waals surface area contributed by atoms with E-state index >= 15 is 0 Å². The average Bonchev–Trinajstić information content (AvgIpc) is 2.55. The Morgan fingerprint density at radius 1 is 0.565 bits per heavy atom. The van der Waals surface area contributed by atoms with Crippen LogP contribution < -0.4 is 0 Å². The van der Waals surface area contributed by atoms with Gasteiger partial charge < -0.3 is 0 Å². The van der Waals surface area contributed by atoms with Crippen LogP contribution >= 0.6 is 0 Å². The van der Waals surface area contributed by atoms with Gasteiger partial charge in [0, 0.05) is 0 Å². The number of unbranched alkanes of at least 4 members (excludes halogenated alkanes) is 13. The molecule has 0 heteroatoms. The first kappa shape index (κ1) is 22.7. The van der Waals surface area contributed by atoms with Gasteiger partial charge in [-0.25, -0.2) is 0 Å². The van der Waals surface area contributed by atoms with Crippen molar-refractivity contribution in [2.24, 2.45) is 5.92 Å². The normalized spacial score (nSPS) is 12.4. The van der Waals surface area contributed by atoms with Gasteiger partial charge in [-0.1, -0.05) is 129 Å². The molecule has 23 heavy (non-hydrogen) atoms. The van der Waals surface area contributed by atoms with Gasteiger partial charge in [-0.15, -0.1) is 6.58 Å². The summed E-state index contributed by atoms with van der Waals surface area (Å²) in [7, 11) is 0. The summed E-state index contributed by atoms with van der Waals surface area (Å²) in [4.78, 5) is 0. The first-order chi connectivity index (χ1) is 11.3. The molecule has 138 valence electrons. The van der Waals surface area contributed by atoms with Gasteiger partial charge in [0.2, 0.25) is 0 Å². The molecule has 0 spiro atoms. The van der Waals surface area contributed by atoms with Gasteiger partial charge in [0.15, 0.2) is 0 Å². The fraction of sp³-hybridized carbons (Fsp3) is 0.913. The highest BCUT2D eigenvalue weighted by Crippen LogP contribution is 2.20. The zero-order chi connectivity index (χ0) is 17.0. The molecule has 0 rings (SSSR count). The summed E-state index contributed by atoms with van der Waals surface area (Å²) in [6, 6.07) is 0. The first-order valence-corrected chi connectivity index (χ1v) is 11.0. The lowest BCUT2D eigenvalue weighted by Gasteiger charge is -2.13. The molecule has 1 atom stereocenters. The average molecular weight is 323 g/mol. The summed E-state index contributed by atoms with van der Waals surface area (Å²) in [6.45, 7) is 8.50. The lowest BCUT2D eigenvalue weighted by molar-refractivity contribution is 0.422. The van der Waals surface area contributed by atoms with E-state index in [1.807, 2.05) is 0 Å². The maximum atomic E-state index is 3.90. The van der Waals surface area contributed by atoms with Crippen molar-refractivity contribution < 1.29 is 0 Å².